The Morgan fingerprint density at radius 3 is 2.79 bits per heavy atom. The molecule has 0 aliphatic rings. The fourth-order valence-corrected chi connectivity index (χ4v) is 0.971. The van der Waals surface area contributed by atoms with Gasteiger partial charge in [0.25, 0.3) is 5.91 Å². The molecule has 76 valence electrons. The van der Waals surface area contributed by atoms with Crippen LogP contribution in [0, 0.1) is 0 Å². The Morgan fingerprint density at radius 1 is 1.50 bits per heavy atom. The number of nitrogens with one attached hydrogen (secondary N) is 2. The van der Waals surface area contributed by atoms with E-state index in [1.165, 1.54) is 0 Å². The van der Waals surface area contributed by atoms with Crippen LogP contribution in [0.4, 0.5) is 5.69 Å². The average Bonchev–Trinajstić information content (AvgIpc) is 2.17. The molecule has 5 heteroatoms. The summed E-state index contributed by atoms with van der Waals surface area (Å²) in [5.74, 6) is -0.216. The zero-order valence-electron chi connectivity index (χ0n) is 8.53. The molecule has 0 aliphatic heterocycles. The highest BCUT2D eigenvalue weighted by atomic mass is 16.2. The second-order valence-electron chi connectivity index (χ2n) is 3.02. The van der Waals surface area contributed by atoms with Gasteiger partial charge in [0.05, 0.1) is 0 Å². The Hall–Kier alpha value is -1.62. The summed E-state index contributed by atoms with van der Waals surface area (Å²) >= 11 is 0. The van der Waals surface area contributed by atoms with Gasteiger partial charge < -0.3 is 5.32 Å². The first kappa shape index (κ1) is 10.5. The number of amides is 1. The van der Waals surface area contributed by atoms with Gasteiger partial charge in [-0.3, -0.25) is 15.2 Å². The quantitative estimate of drug-likeness (QED) is 0.681. The maximum absolute atomic E-state index is 11.5. The molecule has 1 amide bonds. The molecule has 0 bridgehead atoms. The first-order chi connectivity index (χ1) is 6.63. The Bertz CT molecular complexity index is 324. The van der Waals surface area contributed by atoms with Gasteiger partial charge in [-0.2, -0.15) is 0 Å². The number of carbonyl (C=O) groups is 1. The van der Waals surface area contributed by atoms with Crippen molar-refractivity contribution in [2.75, 3.05) is 26.5 Å². The maximum Gasteiger partial charge on any atom is 0.284 e. The van der Waals surface area contributed by atoms with E-state index in [0.29, 0.717) is 5.69 Å². The van der Waals surface area contributed by atoms with Gasteiger partial charge in [0.15, 0.2) is 0 Å². The van der Waals surface area contributed by atoms with Crippen LogP contribution in [0.5, 0.6) is 0 Å². The molecule has 1 rings (SSSR count). The van der Waals surface area contributed by atoms with Crippen molar-refractivity contribution in [1.29, 1.82) is 0 Å². The minimum atomic E-state index is -0.216. The third kappa shape index (κ3) is 2.70. The van der Waals surface area contributed by atoms with Crippen molar-refractivity contribution in [3.05, 3.63) is 24.0 Å². The monoisotopic (exact) mass is 194 g/mol. The zero-order chi connectivity index (χ0) is 10.6. The molecule has 1 aromatic rings. The highest BCUT2D eigenvalue weighted by Crippen LogP contribution is 2.06. The van der Waals surface area contributed by atoms with Crippen molar-refractivity contribution in [1.82, 2.24) is 15.4 Å². The first-order valence-corrected chi connectivity index (χ1v) is 4.25. The van der Waals surface area contributed by atoms with E-state index in [4.69, 9.17) is 0 Å². The molecule has 0 unspecified atom stereocenters. The largest absolute Gasteiger partial charge is 0.388 e. The van der Waals surface area contributed by atoms with Gasteiger partial charge in [-0.15, -0.1) is 0 Å². The van der Waals surface area contributed by atoms with Crippen molar-refractivity contribution < 1.29 is 4.79 Å². The predicted molar refractivity (Wildman–Crippen MR) is 54.9 cm³/mol. The number of hydrogen-bond donors (Lipinski definition) is 2. The molecule has 0 saturated heterocycles. The number of carbonyl (C=O) groups excluding carboxylic acids is 1. The Labute approximate surface area is 83.1 Å². The van der Waals surface area contributed by atoms with Gasteiger partial charge in [0.1, 0.15) is 5.69 Å². The summed E-state index contributed by atoms with van der Waals surface area (Å²) in [5, 5.41) is 4.52. The van der Waals surface area contributed by atoms with E-state index in [1.807, 2.05) is 0 Å². The lowest BCUT2D eigenvalue weighted by atomic mass is 10.3. The highest BCUT2D eigenvalue weighted by molar-refractivity contribution is 5.92. The standard InChI is InChI=1S/C9H14N4O/c1-10-7-4-5-11-8(6-7)9(14)12-13(2)3/h4-6H,1-3H3,(H,10,11)(H,12,14). The smallest absolute Gasteiger partial charge is 0.284 e. The van der Waals surface area contributed by atoms with Crippen LogP contribution >= 0.6 is 0 Å². The van der Waals surface area contributed by atoms with E-state index in [0.717, 1.165) is 5.69 Å². The fourth-order valence-electron chi connectivity index (χ4n) is 0.971. The number of anilines is 1. The van der Waals surface area contributed by atoms with Gasteiger partial charge in [-0.05, 0) is 12.1 Å². The minimum absolute atomic E-state index is 0.216. The Balaban J connectivity index is 2.79. The molecule has 0 fully saturated rings. The summed E-state index contributed by atoms with van der Waals surface area (Å²) in [6, 6.07) is 3.49. The van der Waals surface area contributed by atoms with Crippen LogP contribution in [0.15, 0.2) is 18.3 Å². The van der Waals surface area contributed by atoms with Crippen LogP contribution in [0.2, 0.25) is 0 Å². The van der Waals surface area contributed by atoms with Gasteiger partial charge in [-0.25, -0.2) is 5.01 Å². The first-order valence-electron chi connectivity index (χ1n) is 4.25. The molecule has 5 nitrogen and oxygen atoms in total. The topological polar surface area (TPSA) is 57.3 Å². The van der Waals surface area contributed by atoms with E-state index < -0.39 is 0 Å². The lowest BCUT2D eigenvalue weighted by Crippen LogP contribution is -2.36. The lowest BCUT2D eigenvalue weighted by molar-refractivity contribution is 0.0851. The Morgan fingerprint density at radius 2 is 2.21 bits per heavy atom. The molecule has 1 heterocycles. The van der Waals surface area contributed by atoms with Crippen LogP contribution in [0.25, 0.3) is 0 Å². The summed E-state index contributed by atoms with van der Waals surface area (Å²) in [4.78, 5) is 15.4. The molecular formula is C9H14N4O. The van der Waals surface area contributed by atoms with Crippen LogP contribution in [0.1, 0.15) is 10.5 Å². The van der Waals surface area contributed by atoms with Crippen molar-refractivity contribution in [2.24, 2.45) is 0 Å². The van der Waals surface area contributed by atoms with Gasteiger partial charge in [0, 0.05) is 33.0 Å². The van der Waals surface area contributed by atoms with E-state index in [-0.39, 0.29) is 5.91 Å². The SMILES string of the molecule is CNc1ccnc(C(=O)NN(C)C)c1. The molecule has 0 spiro atoms. The molecule has 0 atom stereocenters. The van der Waals surface area contributed by atoms with E-state index in [1.54, 1.807) is 44.5 Å². The van der Waals surface area contributed by atoms with Crippen LogP contribution in [-0.4, -0.2) is 37.0 Å². The average molecular weight is 194 g/mol. The third-order valence-corrected chi connectivity index (χ3v) is 1.61. The highest BCUT2D eigenvalue weighted by Gasteiger charge is 2.07. The van der Waals surface area contributed by atoms with E-state index >= 15 is 0 Å². The summed E-state index contributed by atoms with van der Waals surface area (Å²) in [5.41, 5.74) is 3.87. The summed E-state index contributed by atoms with van der Waals surface area (Å²) in [6.45, 7) is 0. The molecular weight excluding hydrogens is 180 g/mol. The second kappa shape index (κ2) is 4.57. The molecule has 1 aromatic heterocycles. The van der Waals surface area contributed by atoms with Crippen molar-refractivity contribution in [2.45, 2.75) is 0 Å². The number of hydrazine groups is 1. The van der Waals surface area contributed by atoms with Crippen LogP contribution in [0.3, 0.4) is 0 Å². The summed E-state index contributed by atoms with van der Waals surface area (Å²) < 4.78 is 0. The van der Waals surface area contributed by atoms with Crippen molar-refractivity contribution in [3.63, 3.8) is 0 Å². The number of rotatable bonds is 3. The molecule has 0 aromatic carbocycles. The summed E-state index contributed by atoms with van der Waals surface area (Å²) in [6.07, 6.45) is 1.59. The molecule has 0 saturated carbocycles. The lowest BCUT2D eigenvalue weighted by Gasteiger charge is -2.11. The maximum atomic E-state index is 11.5. The molecule has 0 radical (unpaired) electrons. The van der Waals surface area contributed by atoms with Gasteiger partial charge in [-0.1, -0.05) is 0 Å². The molecule has 2 N–H and O–H groups in total. The summed E-state index contributed by atoms with van der Waals surface area (Å²) in [7, 11) is 5.29. The Kier molecular flexibility index (Phi) is 3.41. The normalized spacial score (nSPS) is 10.0. The number of aromatic nitrogens is 1. The second-order valence-corrected chi connectivity index (χ2v) is 3.02. The minimum Gasteiger partial charge on any atom is -0.388 e. The number of nitrogens with zero attached hydrogens (tertiary/aromatic N) is 2. The molecule has 14 heavy (non-hydrogen) atoms. The molecule has 0 aliphatic carbocycles. The van der Waals surface area contributed by atoms with E-state index in [2.05, 4.69) is 15.7 Å². The van der Waals surface area contributed by atoms with Crippen molar-refractivity contribution >= 4 is 11.6 Å². The van der Waals surface area contributed by atoms with E-state index in [9.17, 15) is 4.79 Å². The van der Waals surface area contributed by atoms with Crippen molar-refractivity contribution in [3.8, 4) is 0 Å². The predicted octanol–water partition coefficient (Wildman–Crippen LogP) is 0.330. The van der Waals surface area contributed by atoms with Gasteiger partial charge in [0.2, 0.25) is 0 Å². The van der Waals surface area contributed by atoms with Crippen LogP contribution < -0.4 is 10.7 Å². The number of pyridine rings is 1. The zero-order valence-corrected chi connectivity index (χ0v) is 8.53. The third-order valence-electron chi connectivity index (χ3n) is 1.61. The fraction of sp³-hybridized carbons (Fsp3) is 0.333. The van der Waals surface area contributed by atoms with Gasteiger partial charge >= 0.3 is 0 Å². The number of hydrogen-bond acceptors (Lipinski definition) is 4. The van der Waals surface area contributed by atoms with Crippen LogP contribution in [-0.2, 0) is 0 Å².